The lowest BCUT2D eigenvalue weighted by molar-refractivity contribution is -0.131. The monoisotopic (exact) mass is 455 g/mol. The van der Waals surface area contributed by atoms with Gasteiger partial charge < -0.3 is 10.6 Å². The van der Waals surface area contributed by atoms with Crippen molar-refractivity contribution >= 4 is 29.2 Å². The smallest absolute Gasteiger partial charge is 0.226 e. The number of amides is 2. The van der Waals surface area contributed by atoms with Crippen molar-refractivity contribution in [2.24, 2.45) is 16.7 Å². The zero-order valence-corrected chi connectivity index (χ0v) is 19.5. The van der Waals surface area contributed by atoms with E-state index in [1.807, 2.05) is 16.9 Å². The number of rotatable bonds is 4. The van der Waals surface area contributed by atoms with Crippen LogP contribution in [0.1, 0.15) is 58.1 Å². The molecular formula is C24H30ClN5O2. The molecule has 2 aromatic heterocycles. The highest BCUT2D eigenvalue weighted by molar-refractivity contribution is 6.33. The van der Waals surface area contributed by atoms with Crippen LogP contribution in [0.25, 0.3) is 11.1 Å². The molecule has 2 atom stereocenters. The lowest BCUT2D eigenvalue weighted by Crippen LogP contribution is -2.37. The minimum absolute atomic E-state index is 0.0624. The molecule has 2 fully saturated rings. The predicted octanol–water partition coefficient (Wildman–Crippen LogP) is 4.21. The van der Waals surface area contributed by atoms with Crippen molar-refractivity contribution in [3.05, 3.63) is 29.2 Å². The van der Waals surface area contributed by atoms with Crippen molar-refractivity contribution < 1.29 is 9.59 Å². The Hall–Kier alpha value is -2.41. The number of anilines is 1. The molecule has 1 saturated carbocycles. The number of halogens is 1. The lowest BCUT2D eigenvalue weighted by Gasteiger charge is -2.35. The summed E-state index contributed by atoms with van der Waals surface area (Å²) >= 11 is 6.49. The second kappa shape index (κ2) is 7.87. The van der Waals surface area contributed by atoms with Crippen molar-refractivity contribution in [2.45, 2.75) is 65.3 Å². The van der Waals surface area contributed by atoms with Crippen LogP contribution < -0.4 is 10.6 Å². The SMILES string of the molecule is CC1(C)Cc2c(-c3cc(NC(=O)C[C@H]4CCC[C@@]5(CCNC5=O)C4)ncc3Cl)cnn2C1. The van der Waals surface area contributed by atoms with Gasteiger partial charge in [-0.05, 0) is 49.5 Å². The minimum Gasteiger partial charge on any atom is -0.356 e. The molecule has 2 aromatic rings. The molecule has 0 bridgehead atoms. The number of fused-ring (bicyclic) bond motifs is 1. The molecule has 0 unspecified atom stereocenters. The summed E-state index contributed by atoms with van der Waals surface area (Å²) in [7, 11) is 0. The molecule has 2 N–H and O–H groups in total. The van der Waals surface area contributed by atoms with E-state index in [4.69, 9.17) is 11.6 Å². The Kier molecular flexibility index (Phi) is 5.27. The van der Waals surface area contributed by atoms with Crippen molar-refractivity contribution in [3.8, 4) is 11.1 Å². The third-order valence-corrected chi connectivity index (χ3v) is 7.68. The Labute approximate surface area is 193 Å². The van der Waals surface area contributed by atoms with E-state index in [-0.39, 0.29) is 28.6 Å². The molecule has 0 radical (unpaired) electrons. The highest BCUT2D eigenvalue weighted by Crippen LogP contribution is 2.45. The molecule has 8 heteroatoms. The van der Waals surface area contributed by atoms with E-state index < -0.39 is 0 Å². The molecule has 5 rings (SSSR count). The van der Waals surface area contributed by atoms with Crippen LogP contribution in [0.4, 0.5) is 5.82 Å². The second-order valence-electron chi connectivity index (χ2n) is 10.6. The van der Waals surface area contributed by atoms with Gasteiger partial charge in [0.25, 0.3) is 0 Å². The van der Waals surface area contributed by atoms with Gasteiger partial charge in [-0.25, -0.2) is 4.98 Å². The van der Waals surface area contributed by atoms with E-state index in [9.17, 15) is 9.59 Å². The zero-order chi connectivity index (χ0) is 22.5. The van der Waals surface area contributed by atoms with E-state index >= 15 is 0 Å². The molecule has 4 heterocycles. The molecule has 170 valence electrons. The summed E-state index contributed by atoms with van der Waals surface area (Å²) in [6.45, 7) is 6.10. The van der Waals surface area contributed by atoms with Crippen LogP contribution in [0, 0.1) is 16.7 Å². The number of nitrogens with one attached hydrogen (secondary N) is 2. The van der Waals surface area contributed by atoms with Gasteiger partial charge in [0.05, 0.1) is 16.6 Å². The minimum atomic E-state index is -0.258. The Bertz CT molecular complexity index is 1080. The van der Waals surface area contributed by atoms with Crippen LogP contribution in [-0.4, -0.2) is 33.1 Å². The maximum atomic E-state index is 12.8. The molecule has 7 nitrogen and oxygen atoms in total. The first kappa shape index (κ1) is 21.4. The van der Waals surface area contributed by atoms with E-state index in [0.717, 1.165) is 62.7 Å². The van der Waals surface area contributed by atoms with E-state index in [1.165, 1.54) is 5.69 Å². The summed E-state index contributed by atoms with van der Waals surface area (Å²) in [4.78, 5) is 29.5. The molecule has 32 heavy (non-hydrogen) atoms. The number of carbonyl (C=O) groups excluding carboxylic acids is 2. The van der Waals surface area contributed by atoms with Gasteiger partial charge in [0.2, 0.25) is 11.8 Å². The first-order chi connectivity index (χ1) is 15.2. The van der Waals surface area contributed by atoms with E-state index in [0.29, 0.717) is 17.3 Å². The van der Waals surface area contributed by atoms with Crippen LogP contribution in [-0.2, 0) is 22.6 Å². The normalized spacial score (nSPS) is 26.2. The number of hydrogen-bond donors (Lipinski definition) is 2. The summed E-state index contributed by atoms with van der Waals surface area (Å²) in [5.41, 5.74) is 2.92. The first-order valence-electron chi connectivity index (χ1n) is 11.5. The average Bonchev–Trinajstić information content (AvgIpc) is 3.35. The summed E-state index contributed by atoms with van der Waals surface area (Å²) in [5.74, 6) is 0.826. The third kappa shape index (κ3) is 3.91. The maximum Gasteiger partial charge on any atom is 0.226 e. The molecule has 0 aromatic carbocycles. The highest BCUT2D eigenvalue weighted by atomic mass is 35.5. The molecule has 1 saturated heterocycles. The number of pyridine rings is 1. The quantitative estimate of drug-likeness (QED) is 0.722. The van der Waals surface area contributed by atoms with Crippen LogP contribution in [0.15, 0.2) is 18.5 Å². The fraction of sp³-hybridized carbons (Fsp3) is 0.583. The van der Waals surface area contributed by atoms with Crippen LogP contribution in [0.3, 0.4) is 0 Å². The van der Waals surface area contributed by atoms with E-state index in [1.54, 1.807) is 6.20 Å². The topological polar surface area (TPSA) is 88.9 Å². The summed E-state index contributed by atoms with van der Waals surface area (Å²) in [5, 5.41) is 11.0. The van der Waals surface area contributed by atoms with Crippen molar-refractivity contribution in [2.75, 3.05) is 11.9 Å². The van der Waals surface area contributed by atoms with Gasteiger partial charge in [0.15, 0.2) is 0 Å². The molecule has 1 aliphatic carbocycles. The maximum absolute atomic E-state index is 12.8. The second-order valence-corrected chi connectivity index (χ2v) is 11.0. The first-order valence-corrected chi connectivity index (χ1v) is 11.9. The lowest BCUT2D eigenvalue weighted by atomic mass is 9.68. The largest absolute Gasteiger partial charge is 0.356 e. The van der Waals surface area contributed by atoms with Gasteiger partial charge in [0, 0.05) is 42.5 Å². The highest BCUT2D eigenvalue weighted by Gasteiger charge is 2.45. The van der Waals surface area contributed by atoms with Crippen LogP contribution in [0.2, 0.25) is 5.02 Å². The number of hydrogen-bond acceptors (Lipinski definition) is 4. The Balaban J connectivity index is 1.29. The van der Waals surface area contributed by atoms with Gasteiger partial charge in [-0.1, -0.05) is 31.9 Å². The fourth-order valence-corrected chi connectivity index (χ4v) is 6.06. The Morgan fingerprint density at radius 1 is 1.31 bits per heavy atom. The summed E-state index contributed by atoms with van der Waals surface area (Å²) in [6, 6.07) is 1.84. The standard InChI is InChI=1S/C24H30ClN5O2/c1-23(2)11-19-17(12-28-30(19)14-23)16-9-20(27-13-18(16)25)29-21(31)8-15-4-3-5-24(10-15)6-7-26-22(24)32/h9,12-13,15H,3-8,10-11,14H2,1-2H3,(H,26,32)(H,27,29,31)/t15-,24-/m1/s1. The average molecular weight is 456 g/mol. The fourth-order valence-electron chi connectivity index (χ4n) is 5.85. The molecule has 1 spiro atoms. The van der Waals surface area contributed by atoms with Gasteiger partial charge in [0.1, 0.15) is 5.82 Å². The van der Waals surface area contributed by atoms with Crippen molar-refractivity contribution in [3.63, 3.8) is 0 Å². The van der Waals surface area contributed by atoms with Gasteiger partial charge in [-0.3, -0.25) is 14.3 Å². The van der Waals surface area contributed by atoms with Crippen LogP contribution in [0.5, 0.6) is 0 Å². The number of nitrogens with zero attached hydrogens (tertiary/aromatic N) is 3. The van der Waals surface area contributed by atoms with Crippen molar-refractivity contribution in [1.29, 1.82) is 0 Å². The molecule has 3 aliphatic rings. The molecular weight excluding hydrogens is 426 g/mol. The van der Waals surface area contributed by atoms with Crippen LogP contribution >= 0.6 is 11.6 Å². The number of aromatic nitrogens is 3. The van der Waals surface area contributed by atoms with E-state index in [2.05, 4.69) is 34.6 Å². The molecule has 2 aliphatic heterocycles. The van der Waals surface area contributed by atoms with Gasteiger partial charge in [-0.15, -0.1) is 0 Å². The van der Waals surface area contributed by atoms with Crippen molar-refractivity contribution in [1.82, 2.24) is 20.1 Å². The summed E-state index contributed by atoms with van der Waals surface area (Å²) in [6.07, 6.45) is 9.39. The van der Waals surface area contributed by atoms with Gasteiger partial charge in [-0.2, -0.15) is 5.10 Å². The number of carbonyl (C=O) groups is 2. The van der Waals surface area contributed by atoms with Gasteiger partial charge >= 0.3 is 0 Å². The Morgan fingerprint density at radius 3 is 2.94 bits per heavy atom. The predicted molar refractivity (Wildman–Crippen MR) is 123 cm³/mol. The summed E-state index contributed by atoms with van der Waals surface area (Å²) < 4.78 is 2.04. The molecule has 2 amide bonds. The zero-order valence-electron chi connectivity index (χ0n) is 18.7. The Morgan fingerprint density at radius 2 is 2.16 bits per heavy atom. The third-order valence-electron chi connectivity index (χ3n) is 7.38.